The van der Waals surface area contributed by atoms with Gasteiger partial charge in [0.1, 0.15) is 0 Å². The van der Waals surface area contributed by atoms with Crippen molar-refractivity contribution in [2.45, 2.75) is 39.7 Å². The Labute approximate surface area is 121 Å². The van der Waals surface area contributed by atoms with Crippen LogP contribution in [0.4, 0.5) is 0 Å². The number of amides is 1. The minimum atomic E-state index is 0.266. The van der Waals surface area contributed by atoms with Gasteiger partial charge in [0.25, 0.3) is 0 Å². The topological polar surface area (TPSA) is 45.2 Å². The minimum Gasteiger partial charge on any atom is -0.337 e. The first-order valence-electron chi connectivity index (χ1n) is 7.60. The van der Waals surface area contributed by atoms with Crippen LogP contribution in [0.3, 0.4) is 0 Å². The van der Waals surface area contributed by atoms with E-state index in [0.717, 1.165) is 43.9 Å². The van der Waals surface area contributed by atoms with Crippen LogP contribution in [-0.4, -0.2) is 35.4 Å². The van der Waals surface area contributed by atoms with Crippen LogP contribution >= 0.6 is 0 Å². The molecule has 0 saturated carbocycles. The van der Waals surface area contributed by atoms with Crippen molar-refractivity contribution < 1.29 is 4.79 Å². The van der Waals surface area contributed by atoms with E-state index in [0.29, 0.717) is 18.9 Å². The van der Waals surface area contributed by atoms with Crippen molar-refractivity contribution in [3.63, 3.8) is 0 Å². The average molecular weight is 275 g/mol. The maximum atomic E-state index is 12.4. The van der Waals surface area contributed by atoms with E-state index < -0.39 is 0 Å². The summed E-state index contributed by atoms with van der Waals surface area (Å²) in [4.78, 5) is 18.8. The molecular formula is C16H25N3O. The summed E-state index contributed by atoms with van der Waals surface area (Å²) in [6.45, 7) is 7.49. The van der Waals surface area contributed by atoms with Crippen LogP contribution in [0.25, 0.3) is 0 Å². The number of rotatable bonds is 5. The smallest absolute Gasteiger partial charge is 0.223 e. The summed E-state index contributed by atoms with van der Waals surface area (Å²) < 4.78 is 0. The van der Waals surface area contributed by atoms with Gasteiger partial charge in [-0.05, 0) is 57.8 Å². The van der Waals surface area contributed by atoms with Crippen molar-refractivity contribution in [2.24, 2.45) is 5.92 Å². The van der Waals surface area contributed by atoms with Crippen LogP contribution in [0.15, 0.2) is 18.2 Å². The molecule has 110 valence electrons. The Hall–Kier alpha value is -1.42. The second-order valence-electron chi connectivity index (χ2n) is 5.58. The summed E-state index contributed by atoms with van der Waals surface area (Å²) in [5, 5.41) is 3.34. The molecule has 1 aliphatic rings. The van der Waals surface area contributed by atoms with Crippen LogP contribution in [0.1, 0.15) is 37.6 Å². The molecule has 0 radical (unpaired) electrons. The van der Waals surface area contributed by atoms with Gasteiger partial charge < -0.3 is 10.2 Å². The fourth-order valence-electron chi connectivity index (χ4n) is 2.72. The lowest BCUT2D eigenvalue weighted by Crippen LogP contribution is -2.35. The van der Waals surface area contributed by atoms with Gasteiger partial charge >= 0.3 is 0 Å². The predicted molar refractivity (Wildman–Crippen MR) is 80.3 cm³/mol. The first-order valence-corrected chi connectivity index (χ1v) is 7.60. The Morgan fingerprint density at radius 3 is 2.80 bits per heavy atom. The van der Waals surface area contributed by atoms with Crippen molar-refractivity contribution in [1.82, 2.24) is 15.2 Å². The van der Waals surface area contributed by atoms with Crippen molar-refractivity contribution in [2.75, 3.05) is 19.6 Å². The number of aromatic nitrogens is 1. The van der Waals surface area contributed by atoms with Gasteiger partial charge in [-0.25, -0.2) is 0 Å². The van der Waals surface area contributed by atoms with E-state index in [1.165, 1.54) is 0 Å². The third-order valence-corrected chi connectivity index (χ3v) is 3.96. The molecule has 0 spiro atoms. The fourth-order valence-corrected chi connectivity index (χ4v) is 2.72. The summed E-state index contributed by atoms with van der Waals surface area (Å²) in [7, 11) is 0. The lowest BCUT2D eigenvalue weighted by molar-refractivity contribution is -0.132. The molecule has 1 amide bonds. The Balaban J connectivity index is 1.91. The quantitative estimate of drug-likeness (QED) is 0.895. The highest BCUT2D eigenvalue weighted by atomic mass is 16.2. The Morgan fingerprint density at radius 1 is 1.40 bits per heavy atom. The number of piperidine rings is 1. The maximum Gasteiger partial charge on any atom is 0.223 e. The summed E-state index contributed by atoms with van der Waals surface area (Å²) in [6.07, 6.45) is 2.92. The third-order valence-electron chi connectivity index (χ3n) is 3.96. The standard InChI is InChI=1S/C16H25N3O/c1-3-19(12-15-6-4-5-13(2)18-15)16(20)11-14-7-9-17-10-8-14/h4-6,14,17H,3,7-12H2,1-2H3. The van der Waals surface area contributed by atoms with Crippen LogP contribution < -0.4 is 5.32 Å². The number of pyridine rings is 1. The lowest BCUT2D eigenvalue weighted by atomic mass is 9.94. The number of aryl methyl sites for hydroxylation is 1. The fraction of sp³-hybridized carbons (Fsp3) is 0.625. The summed E-state index contributed by atoms with van der Waals surface area (Å²) in [6, 6.07) is 5.98. The zero-order valence-electron chi connectivity index (χ0n) is 12.6. The molecule has 4 nitrogen and oxygen atoms in total. The highest BCUT2D eigenvalue weighted by Gasteiger charge is 2.20. The van der Waals surface area contributed by atoms with Gasteiger partial charge in [0, 0.05) is 18.7 Å². The molecule has 1 aromatic heterocycles. The molecule has 0 aliphatic carbocycles. The van der Waals surface area contributed by atoms with E-state index in [-0.39, 0.29) is 5.91 Å². The molecule has 1 N–H and O–H groups in total. The molecule has 0 atom stereocenters. The molecule has 4 heteroatoms. The molecule has 1 aliphatic heterocycles. The minimum absolute atomic E-state index is 0.266. The van der Waals surface area contributed by atoms with E-state index in [2.05, 4.69) is 10.3 Å². The molecule has 0 bridgehead atoms. The summed E-state index contributed by atoms with van der Waals surface area (Å²) in [5.74, 6) is 0.811. The van der Waals surface area contributed by atoms with Gasteiger partial charge in [0.2, 0.25) is 5.91 Å². The zero-order chi connectivity index (χ0) is 14.4. The normalized spacial score (nSPS) is 16.1. The molecule has 0 aromatic carbocycles. The molecule has 2 rings (SSSR count). The van der Waals surface area contributed by atoms with E-state index in [9.17, 15) is 4.79 Å². The average Bonchev–Trinajstić information content (AvgIpc) is 2.46. The molecule has 2 heterocycles. The number of carbonyl (C=O) groups excluding carboxylic acids is 1. The molecule has 1 aromatic rings. The molecule has 1 fully saturated rings. The van der Waals surface area contributed by atoms with Gasteiger partial charge in [0.15, 0.2) is 0 Å². The van der Waals surface area contributed by atoms with Gasteiger partial charge in [-0.15, -0.1) is 0 Å². The first-order chi connectivity index (χ1) is 9.69. The molecule has 1 saturated heterocycles. The first kappa shape index (κ1) is 15.0. The number of nitrogens with zero attached hydrogens (tertiary/aromatic N) is 2. The maximum absolute atomic E-state index is 12.4. The molecule has 0 unspecified atom stereocenters. The highest BCUT2D eigenvalue weighted by Crippen LogP contribution is 2.18. The number of hydrogen-bond acceptors (Lipinski definition) is 3. The van der Waals surface area contributed by atoms with Gasteiger partial charge in [-0.3, -0.25) is 9.78 Å². The Morgan fingerprint density at radius 2 is 2.15 bits per heavy atom. The summed E-state index contributed by atoms with van der Waals surface area (Å²) in [5.41, 5.74) is 1.98. The largest absolute Gasteiger partial charge is 0.337 e. The van der Waals surface area contributed by atoms with Gasteiger partial charge in [-0.2, -0.15) is 0 Å². The zero-order valence-corrected chi connectivity index (χ0v) is 12.6. The second kappa shape index (κ2) is 7.39. The van der Waals surface area contributed by atoms with Crippen LogP contribution in [-0.2, 0) is 11.3 Å². The van der Waals surface area contributed by atoms with E-state index in [4.69, 9.17) is 0 Å². The predicted octanol–water partition coefficient (Wildman–Crippen LogP) is 2.13. The van der Waals surface area contributed by atoms with E-state index in [1.54, 1.807) is 0 Å². The number of carbonyl (C=O) groups is 1. The highest BCUT2D eigenvalue weighted by molar-refractivity contribution is 5.76. The van der Waals surface area contributed by atoms with Gasteiger partial charge in [0.05, 0.1) is 12.2 Å². The SMILES string of the molecule is CCN(Cc1cccc(C)n1)C(=O)CC1CCNCC1. The van der Waals surface area contributed by atoms with Crippen molar-refractivity contribution in [3.8, 4) is 0 Å². The lowest BCUT2D eigenvalue weighted by Gasteiger charge is -2.26. The third kappa shape index (κ3) is 4.30. The van der Waals surface area contributed by atoms with Crippen molar-refractivity contribution in [3.05, 3.63) is 29.6 Å². The van der Waals surface area contributed by atoms with Crippen molar-refractivity contribution >= 4 is 5.91 Å². The van der Waals surface area contributed by atoms with E-state index in [1.807, 2.05) is 36.9 Å². The number of hydrogen-bond donors (Lipinski definition) is 1. The van der Waals surface area contributed by atoms with Crippen molar-refractivity contribution in [1.29, 1.82) is 0 Å². The molecular weight excluding hydrogens is 250 g/mol. The Bertz CT molecular complexity index is 441. The van der Waals surface area contributed by atoms with Crippen LogP contribution in [0.5, 0.6) is 0 Å². The van der Waals surface area contributed by atoms with E-state index >= 15 is 0 Å². The van der Waals surface area contributed by atoms with Crippen LogP contribution in [0, 0.1) is 12.8 Å². The molecule has 20 heavy (non-hydrogen) atoms. The Kier molecular flexibility index (Phi) is 5.53. The summed E-state index contributed by atoms with van der Waals surface area (Å²) >= 11 is 0. The number of nitrogens with one attached hydrogen (secondary N) is 1. The second-order valence-corrected chi connectivity index (χ2v) is 5.58. The van der Waals surface area contributed by atoms with Crippen LogP contribution in [0.2, 0.25) is 0 Å². The van der Waals surface area contributed by atoms with Gasteiger partial charge in [-0.1, -0.05) is 6.07 Å². The monoisotopic (exact) mass is 275 g/mol.